The van der Waals surface area contributed by atoms with Crippen molar-refractivity contribution in [3.05, 3.63) is 11.4 Å². The van der Waals surface area contributed by atoms with Crippen molar-refractivity contribution in [3.63, 3.8) is 0 Å². The molecule has 0 aliphatic carbocycles. The van der Waals surface area contributed by atoms with Crippen LogP contribution in [0.5, 0.6) is 0 Å². The van der Waals surface area contributed by atoms with Crippen molar-refractivity contribution in [2.24, 2.45) is 0 Å². The summed E-state index contributed by atoms with van der Waals surface area (Å²) in [6, 6.07) is 0. The molecule has 1 aromatic heterocycles. The largest absolute Gasteiger partial charge is 0.434 e. The molecule has 0 saturated heterocycles. The van der Waals surface area contributed by atoms with Gasteiger partial charge in [-0.25, -0.2) is 4.68 Å². The molecule has 3 nitrogen and oxygen atoms in total. The predicted octanol–water partition coefficient (Wildman–Crippen LogP) is 3.44. The van der Waals surface area contributed by atoms with E-state index in [0.717, 1.165) is 23.9 Å². The Morgan fingerprint density at radius 3 is 2.35 bits per heavy atom. The van der Waals surface area contributed by atoms with Crippen LogP contribution in [-0.4, -0.2) is 15.0 Å². The molecular weight excluding hydrogens is 231 g/mol. The second-order valence-corrected chi connectivity index (χ2v) is 4.02. The molecule has 0 atom stereocenters. The van der Waals surface area contributed by atoms with Crippen molar-refractivity contribution in [2.45, 2.75) is 58.7 Å². The van der Waals surface area contributed by atoms with Gasteiger partial charge in [-0.2, -0.15) is 13.2 Å². The number of unbranched alkanes of at least 4 members (excludes halogenated alkanes) is 3. The third kappa shape index (κ3) is 3.71. The van der Waals surface area contributed by atoms with Crippen molar-refractivity contribution >= 4 is 0 Å². The first-order valence-electron chi connectivity index (χ1n) is 6.00. The minimum absolute atomic E-state index is 0.0352. The minimum Gasteiger partial charge on any atom is -0.240 e. The summed E-state index contributed by atoms with van der Waals surface area (Å²) >= 11 is 0. The van der Waals surface area contributed by atoms with E-state index in [1.165, 1.54) is 0 Å². The Morgan fingerprint density at radius 2 is 1.82 bits per heavy atom. The van der Waals surface area contributed by atoms with Crippen LogP contribution < -0.4 is 0 Å². The Morgan fingerprint density at radius 1 is 1.12 bits per heavy atom. The Bertz CT molecular complexity index is 344. The van der Waals surface area contributed by atoms with Crippen LogP contribution in [-0.2, 0) is 19.1 Å². The van der Waals surface area contributed by atoms with Gasteiger partial charge < -0.3 is 0 Å². The van der Waals surface area contributed by atoms with E-state index in [2.05, 4.69) is 17.2 Å². The van der Waals surface area contributed by atoms with E-state index < -0.39 is 11.9 Å². The molecule has 0 bridgehead atoms. The molecule has 6 heteroatoms. The van der Waals surface area contributed by atoms with Gasteiger partial charge in [-0.1, -0.05) is 38.3 Å². The van der Waals surface area contributed by atoms with E-state index in [1.54, 1.807) is 6.92 Å². The molecule has 0 amide bonds. The SMILES string of the molecule is CCCCCCn1nnc(CC)c1C(F)(F)F. The van der Waals surface area contributed by atoms with Gasteiger partial charge in [0.25, 0.3) is 0 Å². The molecule has 1 heterocycles. The molecule has 0 saturated carbocycles. The van der Waals surface area contributed by atoms with Crippen molar-refractivity contribution in [2.75, 3.05) is 0 Å². The Kier molecular flexibility index (Phi) is 4.96. The molecule has 98 valence electrons. The minimum atomic E-state index is -4.36. The van der Waals surface area contributed by atoms with Crippen molar-refractivity contribution in [1.82, 2.24) is 15.0 Å². The molecule has 0 aliphatic rings. The van der Waals surface area contributed by atoms with Gasteiger partial charge in [-0.05, 0) is 12.8 Å². The summed E-state index contributed by atoms with van der Waals surface area (Å²) in [5, 5.41) is 7.19. The van der Waals surface area contributed by atoms with Crippen LogP contribution in [0.25, 0.3) is 0 Å². The maximum absolute atomic E-state index is 12.8. The fourth-order valence-electron chi connectivity index (χ4n) is 1.74. The van der Waals surface area contributed by atoms with Crippen LogP contribution in [0, 0.1) is 0 Å². The van der Waals surface area contributed by atoms with Crippen LogP contribution in [0.1, 0.15) is 50.9 Å². The van der Waals surface area contributed by atoms with Gasteiger partial charge in [0, 0.05) is 6.54 Å². The maximum Gasteiger partial charge on any atom is 0.434 e. The number of alkyl halides is 3. The number of aryl methyl sites for hydroxylation is 2. The second kappa shape index (κ2) is 6.02. The van der Waals surface area contributed by atoms with Crippen LogP contribution in [0.15, 0.2) is 0 Å². The van der Waals surface area contributed by atoms with E-state index in [1.807, 2.05) is 0 Å². The average molecular weight is 249 g/mol. The number of aromatic nitrogens is 3. The van der Waals surface area contributed by atoms with Crippen LogP contribution in [0.3, 0.4) is 0 Å². The second-order valence-electron chi connectivity index (χ2n) is 4.02. The van der Waals surface area contributed by atoms with Crippen molar-refractivity contribution in [1.29, 1.82) is 0 Å². The van der Waals surface area contributed by atoms with E-state index in [-0.39, 0.29) is 12.1 Å². The highest BCUT2D eigenvalue weighted by Crippen LogP contribution is 2.31. The third-order valence-corrected chi connectivity index (χ3v) is 2.63. The molecule has 0 fully saturated rings. The normalized spacial score (nSPS) is 12.1. The molecule has 0 unspecified atom stereocenters. The quantitative estimate of drug-likeness (QED) is 0.723. The van der Waals surface area contributed by atoms with Gasteiger partial charge in [0.2, 0.25) is 0 Å². The fourth-order valence-corrected chi connectivity index (χ4v) is 1.74. The summed E-state index contributed by atoms with van der Waals surface area (Å²) in [4.78, 5) is 0. The summed E-state index contributed by atoms with van der Waals surface area (Å²) in [7, 11) is 0. The molecule has 0 aliphatic heterocycles. The summed E-state index contributed by atoms with van der Waals surface area (Å²) in [5.41, 5.74) is -0.649. The Balaban J connectivity index is 2.75. The molecule has 0 radical (unpaired) electrons. The third-order valence-electron chi connectivity index (χ3n) is 2.63. The Labute approximate surface area is 99.0 Å². The lowest BCUT2D eigenvalue weighted by Crippen LogP contribution is -2.16. The molecule has 1 rings (SSSR count). The number of nitrogens with zero attached hydrogens (tertiary/aromatic N) is 3. The maximum atomic E-state index is 12.8. The monoisotopic (exact) mass is 249 g/mol. The first kappa shape index (κ1) is 14.0. The molecule has 1 aromatic rings. The zero-order valence-electron chi connectivity index (χ0n) is 10.2. The van der Waals surface area contributed by atoms with E-state index in [0.29, 0.717) is 13.0 Å². The number of hydrogen-bond donors (Lipinski definition) is 0. The van der Waals surface area contributed by atoms with E-state index in [9.17, 15) is 13.2 Å². The Hall–Kier alpha value is -1.07. The van der Waals surface area contributed by atoms with Gasteiger partial charge in [0.15, 0.2) is 5.69 Å². The lowest BCUT2D eigenvalue weighted by atomic mass is 10.2. The topological polar surface area (TPSA) is 30.7 Å². The predicted molar refractivity (Wildman–Crippen MR) is 58.5 cm³/mol. The smallest absolute Gasteiger partial charge is 0.240 e. The summed E-state index contributed by atoms with van der Waals surface area (Å²) < 4.78 is 39.4. The standard InChI is InChI=1S/C11H18F3N3/c1-3-5-6-7-8-17-10(11(12,13)14)9(4-2)15-16-17/h3-8H2,1-2H3. The van der Waals surface area contributed by atoms with E-state index in [4.69, 9.17) is 0 Å². The lowest BCUT2D eigenvalue weighted by molar-refractivity contribution is -0.144. The van der Waals surface area contributed by atoms with Gasteiger partial charge in [-0.3, -0.25) is 0 Å². The van der Waals surface area contributed by atoms with Crippen LogP contribution >= 0.6 is 0 Å². The number of rotatable bonds is 6. The molecule has 0 N–H and O–H groups in total. The fraction of sp³-hybridized carbons (Fsp3) is 0.818. The van der Waals surface area contributed by atoms with Gasteiger partial charge in [0.05, 0.1) is 5.69 Å². The van der Waals surface area contributed by atoms with Gasteiger partial charge in [0.1, 0.15) is 0 Å². The first-order valence-corrected chi connectivity index (χ1v) is 6.00. The van der Waals surface area contributed by atoms with E-state index >= 15 is 0 Å². The molecule has 17 heavy (non-hydrogen) atoms. The zero-order chi connectivity index (χ0) is 12.9. The highest BCUT2D eigenvalue weighted by atomic mass is 19.4. The summed E-state index contributed by atoms with van der Waals surface area (Å²) in [6.07, 6.45) is -0.373. The molecular formula is C11H18F3N3. The highest BCUT2D eigenvalue weighted by molar-refractivity contribution is 5.13. The molecule has 0 spiro atoms. The highest BCUT2D eigenvalue weighted by Gasteiger charge is 2.38. The number of hydrogen-bond acceptors (Lipinski definition) is 2. The van der Waals surface area contributed by atoms with Gasteiger partial charge in [-0.15, -0.1) is 5.10 Å². The van der Waals surface area contributed by atoms with Crippen LogP contribution in [0.2, 0.25) is 0 Å². The average Bonchev–Trinajstić information content (AvgIpc) is 2.67. The zero-order valence-corrected chi connectivity index (χ0v) is 10.2. The number of halogens is 3. The lowest BCUT2D eigenvalue weighted by Gasteiger charge is -2.10. The van der Waals surface area contributed by atoms with Gasteiger partial charge >= 0.3 is 6.18 Å². The first-order chi connectivity index (χ1) is 8.00. The summed E-state index contributed by atoms with van der Waals surface area (Å²) in [5.74, 6) is 0. The van der Waals surface area contributed by atoms with Crippen molar-refractivity contribution in [3.8, 4) is 0 Å². The molecule has 0 aromatic carbocycles. The summed E-state index contributed by atoms with van der Waals surface area (Å²) in [6.45, 7) is 4.01. The van der Waals surface area contributed by atoms with Crippen LogP contribution in [0.4, 0.5) is 13.2 Å². The van der Waals surface area contributed by atoms with Crippen molar-refractivity contribution < 1.29 is 13.2 Å².